The summed E-state index contributed by atoms with van der Waals surface area (Å²) in [4.78, 5) is 0. The van der Waals surface area contributed by atoms with Crippen molar-refractivity contribution < 1.29 is 0 Å². The van der Waals surface area contributed by atoms with Gasteiger partial charge in [0.05, 0.1) is 0 Å². The van der Waals surface area contributed by atoms with Gasteiger partial charge in [0.1, 0.15) is 0 Å². The third-order valence-electron chi connectivity index (χ3n) is 7.68. The van der Waals surface area contributed by atoms with E-state index in [-0.39, 0.29) is 0 Å². The summed E-state index contributed by atoms with van der Waals surface area (Å²) in [7, 11) is -2.44. The highest BCUT2D eigenvalue weighted by Crippen LogP contribution is 2.38. The maximum Gasteiger partial charge on any atom is 0.180 e. The molecule has 6 aromatic carbocycles. The van der Waals surface area contributed by atoms with E-state index in [1.54, 1.807) is 0 Å². The quantitative estimate of drug-likeness (QED) is 0.236. The molecule has 0 N–H and O–H groups in total. The SMILES string of the molecule is Cc1cccc2c1ccc1ccc3c(c12)-c1ccccc1[Si]3(c1ccccc1)c1ccccc1. The maximum atomic E-state index is 2.44. The molecule has 0 bridgehead atoms. The van der Waals surface area contributed by atoms with Crippen molar-refractivity contribution in [1.29, 1.82) is 0 Å². The maximum absolute atomic E-state index is 2.44. The molecule has 6 aromatic rings. The minimum atomic E-state index is -2.44. The second-order valence-electron chi connectivity index (χ2n) is 9.35. The summed E-state index contributed by atoms with van der Waals surface area (Å²) in [6.07, 6.45) is 0. The molecule has 1 heterocycles. The first-order valence-electron chi connectivity index (χ1n) is 12.0. The van der Waals surface area contributed by atoms with E-state index < -0.39 is 8.07 Å². The van der Waals surface area contributed by atoms with Gasteiger partial charge in [0.15, 0.2) is 8.07 Å². The van der Waals surface area contributed by atoms with Gasteiger partial charge in [0, 0.05) is 0 Å². The Hall–Kier alpha value is -3.94. The Morgan fingerprint density at radius 2 is 1.12 bits per heavy atom. The van der Waals surface area contributed by atoms with E-state index in [2.05, 4.69) is 134 Å². The van der Waals surface area contributed by atoms with Gasteiger partial charge >= 0.3 is 0 Å². The fourth-order valence-corrected chi connectivity index (χ4v) is 11.5. The minimum absolute atomic E-state index is 1.32. The lowest BCUT2D eigenvalue weighted by Crippen LogP contribution is -2.72. The summed E-state index contributed by atoms with van der Waals surface area (Å²) in [6.45, 7) is 2.22. The standard InChI is InChI=1S/C33H24Si/c1-23-11-10-17-28-27(23)21-19-24-20-22-31-33(32(24)28)29-16-8-9-18-30(29)34(31,25-12-4-2-5-13-25)26-14-6-3-7-15-26/h2-22H,1H3. The van der Waals surface area contributed by atoms with E-state index >= 15 is 0 Å². The van der Waals surface area contributed by atoms with E-state index in [0.717, 1.165) is 0 Å². The minimum Gasteiger partial charge on any atom is -0.0623 e. The van der Waals surface area contributed by atoms with Crippen LogP contribution >= 0.6 is 0 Å². The van der Waals surface area contributed by atoms with E-state index in [9.17, 15) is 0 Å². The Morgan fingerprint density at radius 3 is 1.85 bits per heavy atom. The molecule has 0 aliphatic carbocycles. The molecule has 0 nitrogen and oxygen atoms in total. The number of rotatable bonds is 2. The average Bonchev–Trinajstić information content (AvgIpc) is 3.21. The number of fused-ring (bicyclic) bond motifs is 7. The van der Waals surface area contributed by atoms with Gasteiger partial charge in [-0.25, -0.2) is 0 Å². The molecule has 34 heavy (non-hydrogen) atoms. The van der Waals surface area contributed by atoms with Crippen LogP contribution in [0.25, 0.3) is 32.7 Å². The van der Waals surface area contributed by atoms with Crippen LogP contribution in [0.5, 0.6) is 0 Å². The molecule has 0 fully saturated rings. The van der Waals surface area contributed by atoms with Gasteiger partial charge in [-0.2, -0.15) is 0 Å². The fourth-order valence-electron chi connectivity index (χ4n) is 6.27. The molecular weight excluding hydrogens is 424 g/mol. The van der Waals surface area contributed by atoms with Crippen LogP contribution in [-0.2, 0) is 0 Å². The predicted octanol–water partition coefficient (Wildman–Crippen LogP) is 5.66. The first kappa shape index (κ1) is 19.5. The third-order valence-corrected chi connectivity index (χ3v) is 12.5. The monoisotopic (exact) mass is 448 g/mol. The molecule has 0 radical (unpaired) electrons. The van der Waals surface area contributed by atoms with Crippen molar-refractivity contribution in [3.8, 4) is 11.1 Å². The van der Waals surface area contributed by atoms with E-state index in [1.807, 2.05) is 0 Å². The molecule has 0 amide bonds. The van der Waals surface area contributed by atoms with Crippen LogP contribution in [0, 0.1) is 6.92 Å². The number of benzene rings is 6. The van der Waals surface area contributed by atoms with Crippen molar-refractivity contribution in [2.75, 3.05) is 0 Å². The lowest BCUT2D eigenvalue weighted by molar-refractivity contribution is 1.54. The van der Waals surface area contributed by atoms with Gasteiger partial charge in [-0.05, 0) is 65.9 Å². The molecule has 160 valence electrons. The Kier molecular flexibility index (Phi) is 4.18. The highest BCUT2D eigenvalue weighted by atomic mass is 28.3. The van der Waals surface area contributed by atoms with E-state index in [4.69, 9.17) is 0 Å². The molecule has 0 unspecified atom stereocenters. The molecule has 0 atom stereocenters. The lowest BCUT2D eigenvalue weighted by atomic mass is 9.92. The van der Waals surface area contributed by atoms with Crippen LogP contribution in [0.1, 0.15) is 5.56 Å². The molecule has 1 aliphatic heterocycles. The van der Waals surface area contributed by atoms with Crippen molar-refractivity contribution in [2.24, 2.45) is 0 Å². The highest BCUT2D eigenvalue weighted by Gasteiger charge is 2.49. The zero-order valence-electron chi connectivity index (χ0n) is 19.1. The van der Waals surface area contributed by atoms with Crippen LogP contribution in [0.3, 0.4) is 0 Å². The zero-order chi connectivity index (χ0) is 22.7. The molecule has 0 saturated heterocycles. The van der Waals surface area contributed by atoms with Gasteiger partial charge in [0.2, 0.25) is 0 Å². The number of hydrogen-bond donors (Lipinski definition) is 0. The van der Waals surface area contributed by atoms with Crippen molar-refractivity contribution in [1.82, 2.24) is 0 Å². The average molecular weight is 449 g/mol. The van der Waals surface area contributed by atoms with E-state index in [0.29, 0.717) is 0 Å². The second kappa shape index (κ2) is 7.28. The summed E-state index contributed by atoms with van der Waals surface area (Å²) >= 11 is 0. The molecule has 7 rings (SSSR count). The molecule has 0 saturated carbocycles. The molecule has 0 aromatic heterocycles. The summed E-state index contributed by atoms with van der Waals surface area (Å²) in [5.74, 6) is 0. The summed E-state index contributed by atoms with van der Waals surface area (Å²) < 4.78 is 0. The zero-order valence-corrected chi connectivity index (χ0v) is 20.1. The van der Waals surface area contributed by atoms with Crippen molar-refractivity contribution in [2.45, 2.75) is 6.92 Å². The van der Waals surface area contributed by atoms with Gasteiger partial charge in [0.25, 0.3) is 0 Å². The Bertz CT molecular complexity index is 1660. The third kappa shape index (κ3) is 2.48. The predicted molar refractivity (Wildman–Crippen MR) is 149 cm³/mol. The van der Waals surface area contributed by atoms with Crippen molar-refractivity contribution in [3.05, 3.63) is 133 Å². The van der Waals surface area contributed by atoms with Crippen molar-refractivity contribution in [3.63, 3.8) is 0 Å². The first-order chi connectivity index (χ1) is 16.8. The van der Waals surface area contributed by atoms with Gasteiger partial charge in [-0.15, -0.1) is 0 Å². The number of hydrogen-bond acceptors (Lipinski definition) is 0. The van der Waals surface area contributed by atoms with Crippen LogP contribution in [-0.4, -0.2) is 8.07 Å². The summed E-state index contributed by atoms with van der Waals surface area (Å²) in [5.41, 5.74) is 4.16. The molecule has 1 aliphatic rings. The Labute approximate surface area is 201 Å². The Balaban J connectivity index is 1.74. The Morgan fingerprint density at radius 1 is 0.471 bits per heavy atom. The normalized spacial score (nSPS) is 13.7. The van der Waals surface area contributed by atoms with Crippen molar-refractivity contribution >= 4 is 50.4 Å². The van der Waals surface area contributed by atoms with Gasteiger partial charge < -0.3 is 0 Å². The van der Waals surface area contributed by atoms with E-state index in [1.165, 1.54) is 59.0 Å². The van der Waals surface area contributed by atoms with Gasteiger partial charge in [-0.3, -0.25) is 0 Å². The lowest BCUT2D eigenvalue weighted by Gasteiger charge is -2.31. The molecule has 0 spiro atoms. The molecule has 1 heteroatoms. The fraction of sp³-hybridized carbons (Fsp3) is 0.0303. The topological polar surface area (TPSA) is 0 Å². The highest BCUT2D eigenvalue weighted by molar-refractivity contribution is 7.22. The summed E-state index contributed by atoms with van der Waals surface area (Å²) in [6, 6.07) is 47.8. The smallest absolute Gasteiger partial charge is 0.0623 e. The van der Waals surface area contributed by atoms with Crippen LogP contribution in [0.15, 0.2) is 127 Å². The van der Waals surface area contributed by atoms with Gasteiger partial charge in [-0.1, -0.05) is 127 Å². The second-order valence-corrected chi connectivity index (χ2v) is 13.1. The summed E-state index contributed by atoms with van der Waals surface area (Å²) in [5, 5.41) is 11.3. The first-order valence-corrected chi connectivity index (χ1v) is 14.0. The largest absolute Gasteiger partial charge is 0.180 e. The van der Waals surface area contributed by atoms with Crippen LogP contribution < -0.4 is 20.7 Å². The molecular formula is C33H24Si. The van der Waals surface area contributed by atoms with Crippen LogP contribution in [0.4, 0.5) is 0 Å². The number of aryl methyl sites for hydroxylation is 1. The van der Waals surface area contributed by atoms with Crippen LogP contribution in [0.2, 0.25) is 0 Å².